The molecule has 0 saturated carbocycles. The maximum Gasteiger partial charge on any atom is 0.235 e. The molecule has 1 amide bonds. The number of benzene rings is 1. The normalized spacial score (nSPS) is 16.8. The van der Waals surface area contributed by atoms with E-state index in [1.165, 1.54) is 5.56 Å². The molecule has 0 radical (unpaired) electrons. The summed E-state index contributed by atoms with van der Waals surface area (Å²) >= 11 is 5.01. The Kier molecular flexibility index (Phi) is 4.96. The van der Waals surface area contributed by atoms with E-state index in [4.69, 9.17) is 18.0 Å². The Morgan fingerprint density at radius 2 is 1.76 bits per heavy atom. The lowest BCUT2D eigenvalue weighted by Crippen LogP contribution is -2.54. The monoisotopic (exact) mass is 305 g/mol. The van der Waals surface area contributed by atoms with Crippen molar-refractivity contribution in [2.75, 3.05) is 26.2 Å². The van der Waals surface area contributed by atoms with Gasteiger partial charge in [0.05, 0.1) is 10.4 Å². The molecule has 0 aliphatic carbocycles. The van der Waals surface area contributed by atoms with Gasteiger partial charge in [0.15, 0.2) is 0 Å². The summed E-state index contributed by atoms with van der Waals surface area (Å²) < 4.78 is 0. The number of thiocarbonyl (C=S) groups is 1. The molecule has 0 unspecified atom stereocenters. The predicted octanol–water partition coefficient (Wildman–Crippen LogP) is 1.64. The van der Waals surface area contributed by atoms with Crippen molar-refractivity contribution in [2.24, 2.45) is 11.1 Å². The Morgan fingerprint density at radius 1 is 1.19 bits per heavy atom. The first-order chi connectivity index (χ1) is 9.91. The summed E-state index contributed by atoms with van der Waals surface area (Å²) in [5.41, 5.74) is 6.23. The summed E-state index contributed by atoms with van der Waals surface area (Å²) in [6.45, 7) is 7.76. The molecule has 0 spiro atoms. The van der Waals surface area contributed by atoms with Crippen LogP contribution in [0.15, 0.2) is 30.3 Å². The minimum atomic E-state index is -0.753. The maximum absolute atomic E-state index is 12.5. The summed E-state index contributed by atoms with van der Waals surface area (Å²) in [4.78, 5) is 17.0. The standard InChI is InChI=1S/C16H23N3OS/c1-16(2,14(17)21)15(20)19-10-8-18(9-11-19)12-13-6-4-3-5-7-13/h3-7H,8-12H2,1-2H3,(H2,17,21). The molecule has 0 aromatic heterocycles. The first kappa shape index (κ1) is 15.9. The van der Waals surface area contributed by atoms with Crippen molar-refractivity contribution in [1.29, 1.82) is 0 Å². The van der Waals surface area contributed by atoms with Gasteiger partial charge in [-0.3, -0.25) is 9.69 Å². The first-order valence-electron chi connectivity index (χ1n) is 7.27. The van der Waals surface area contributed by atoms with Crippen LogP contribution in [0.5, 0.6) is 0 Å². The van der Waals surface area contributed by atoms with Crippen LogP contribution in [0.1, 0.15) is 19.4 Å². The highest BCUT2D eigenvalue weighted by Gasteiger charge is 2.35. The largest absolute Gasteiger partial charge is 0.392 e. The second kappa shape index (κ2) is 6.54. The van der Waals surface area contributed by atoms with E-state index in [-0.39, 0.29) is 10.9 Å². The van der Waals surface area contributed by atoms with Crippen molar-refractivity contribution >= 4 is 23.1 Å². The van der Waals surface area contributed by atoms with Crippen LogP contribution in [0.2, 0.25) is 0 Å². The number of carbonyl (C=O) groups is 1. The van der Waals surface area contributed by atoms with Crippen LogP contribution in [-0.2, 0) is 11.3 Å². The second-order valence-electron chi connectivity index (χ2n) is 6.04. The fraction of sp³-hybridized carbons (Fsp3) is 0.500. The van der Waals surface area contributed by atoms with Gasteiger partial charge < -0.3 is 10.6 Å². The topological polar surface area (TPSA) is 49.6 Å². The molecule has 0 bridgehead atoms. The van der Waals surface area contributed by atoms with Crippen molar-refractivity contribution in [3.8, 4) is 0 Å². The number of rotatable bonds is 4. The van der Waals surface area contributed by atoms with Crippen LogP contribution in [0.4, 0.5) is 0 Å². The Hall–Kier alpha value is -1.46. The van der Waals surface area contributed by atoms with E-state index in [1.54, 1.807) is 13.8 Å². The van der Waals surface area contributed by atoms with Crippen LogP contribution in [0.3, 0.4) is 0 Å². The average molecular weight is 305 g/mol. The van der Waals surface area contributed by atoms with Gasteiger partial charge in [0.25, 0.3) is 0 Å². The average Bonchev–Trinajstić information content (AvgIpc) is 2.48. The number of nitrogens with two attached hydrogens (primary N) is 1. The molecule has 114 valence electrons. The number of carbonyl (C=O) groups excluding carboxylic acids is 1. The molecule has 1 aromatic rings. The zero-order valence-electron chi connectivity index (χ0n) is 12.7. The van der Waals surface area contributed by atoms with Gasteiger partial charge in [-0.25, -0.2) is 0 Å². The van der Waals surface area contributed by atoms with E-state index >= 15 is 0 Å². The number of piperazine rings is 1. The third-order valence-electron chi connectivity index (χ3n) is 4.06. The van der Waals surface area contributed by atoms with Crippen LogP contribution >= 0.6 is 12.2 Å². The predicted molar refractivity (Wildman–Crippen MR) is 88.9 cm³/mol. The molecule has 1 aliphatic heterocycles. The van der Waals surface area contributed by atoms with E-state index in [2.05, 4.69) is 29.2 Å². The molecule has 1 aromatic carbocycles. The Labute approximate surface area is 131 Å². The van der Waals surface area contributed by atoms with Crippen molar-refractivity contribution in [3.63, 3.8) is 0 Å². The summed E-state index contributed by atoms with van der Waals surface area (Å²) in [5.74, 6) is 0.0364. The minimum Gasteiger partial charge on any atom is -0.392 e. The second-order valence-corrected chi connectivity index (χ2v) is 6.48. The van der Waals surface area contributed by atoms with Gasteiger partial charge in [-0.05, 0) is 19.4 Å². The van der Waals surface area contributed by atoms with E-state index in [1.807, 2.05) is 11.0 Å². The molecule has 21 heavy (non-hydrogen) atoms. The van der Waals surface area contributed by atoms with Crippen LogP contribution in [0, 0.1) is 5.41 Å². The molecule has 1 heterocycles. The van der Waals surface area contributed by atoms with E-state index < -0.39 is 5.41 Å². The lowest BCUT2D eigenvalue weighted by atomic mass is 9.91. The smallest absolute Gasteiger partial charge is 0.235 e. The molecule has 4 nitrogen and oxygen atoms in total. The van der Waals surface area contributed by atoms with Crippen molar-refractivity contribution in [2.45, 2.75) is 20.4 Å². The van der Waals surface area contributed by atoms with Gasteiger partial charge in [0.1, 0.15) is 0 Å². The summed E-state index contributed by atoms with van der Waals surface area (Å²) in [5, 5.41) is 0. The Morgan fingerprint density at radius 3 is 2.29 bits per heavy atom. The van der Waals surface area contributed by atoms with E-state index in [9.17, 15) is 4.79 Å². The highest BCUT2D eigenvalue weighted by molar-refractivity contribution is 7.80. The van der Waals surface area contributed by atoms with Crippen molar-refractivity contribution in [3.05, 3.63) is 35.9 Å². The zero-order chi connectivity index (χ0) is 15.5. The van der Waals surface area contributed by atoms with E-state index in [0.717, 1.165) is 32.7 Å². The van der Waals surface area contributed by atoms with Crippen LogP contribution in [0.25, 0.3) is 0 Å². The highest BCUT2D eigenvalue weighted by Crippen LogP contribution is 2.21. The Bertz CT molecular complexity index is 508. The molecule has 1 saturated heterocycles. The Balaban J connectivity index is 1.89. The van der Waals surface area contributed by atoms with Gasteiger partial charge in [0.2, 0.25) is 5.91 Å². The molecular weight excluding hydrogens is 282 g/mol. The number of nitrogens with zero attached hydrogens (tertiary/aromatic N) is 2. The zero-order valence-corrected chi connectivity index (χ0v) is 13.5. The fourth-order valence-electron chi connectivity index (χ4n) is 2.45. The molecule has 0 atom stereocenters. The summed E-state index contributed by atoms with van der Waals surface area (Å²) in [6, 6.07) is 10.4. The molecule has 1 fully saturated rings. The number of hydrogen-bond donors (Lipinski definition) is 1. The van der Waals surface area contributed by atoms with Gasteiger partial charge in [-0.2, -0.15) is 0 Å². The fourth-order valence-corrected chi connectivity index (χ4v) is 2.54. The molecule has 5 heteroatoms. The van der Waals surface area contributed by atoms with Crippen LogP contribution in [-0.4, -0.2) is 46.9 Å². The number of amides is 1. The van der Waals surface area contributed by atoms with Gasteiger partial charge in [-0.1, -0.05) is 42.5 Å². The number of hydrogen-bond acceptors (Lipinski definition) is 3. The van der Waals surface area contributed by atoms with Crippen LogP contribution < -0.4 is 5.73 Å². The van der Waals surface area contributed by atoms with Crippen molar-refractivity contribution < 1.29 is 4.79 Å². The van der Waals surface area contributed by atoms with E-state index in [0.29, 0.717) is 0 Å². The SMILES string of the molecule is CC(C)(C(=O)N1CCN(Cc2ccccc2)CC1)C(N)=S. The molecule has 2 rings (SSSR count). The molecule has 2 N–H and O–H groups in total. The summed E-state index contributed by atoms with van der Waals surface area (Å²) in [7, 11) is 0. The maximum atomic E-state index is 12.5. The van der Waals surface area contributed by atoms with Gasteiger partial charge >= 0.3 is 0 Å². The lowest BCUT2D eigenvalue weighted by Gasteiger charge is -2.38. The minimum absolute atomic E-state index is 0.0364. The quantitative estimate of drug-likeness (QED) is 0.859. The third-order valence-corrected chi connectivity index (χ3v) is 4.57. The first-order valence-corrected chi connectivity index (χ1v) is 7.67. The summed E-state index contributed by atoms with van der Waals surface area (Å²) in [6.07, 6.45) is 0. The third kappa shape index (κ3) is 3.80. The van der Waals surface area contributed by atoms with Gasteiger partial charge in [0, 0.05) is 32.7 Å². The lowest BCUT2D eigenvalue weighted by molar-refractivity contribution is -0.138. The molecular formula is C16H23N3OS. The highest BCUT2D eigenvalue weighted by atomic mass is 32.1. The van der Waals surface area contributed by atoms with Gasteiger partial charge in [-0.15, -0.1) is 0 Å². The molecule has 1 aliphatic rings. The van der Waals surface area contributed by atoms with Crippen molar-refractivity contribution in [1.82, 2.24) is 9.80 Å².